The molecule has 0 amide bonds. The van der Waals surface area contributed by atoms with Crippen molar-refractivity contribution in [2.45, 2.75) is 54.5 Å². The van der Waals surface area contributed by atoms with Gasteiger partial charge in [0, 0.05) is 18.1 Å². The molecule has 0 radical (unpaired) electrons. The number of aryl methyl sites for hydroxylation is 3. The smallest absolute Gasteiger partial charge is 0.224 e. The second-order valence-corrected chi connectivity index (χ2v) is 8.07. The Morgan fingerprint density at radius 1 is 0.778 bits per heavy atom. The average molecular weight is 358 g/mol. The van der Waals surface area contributed by atoms with Crippen molar-refractivity contribution in [2.75, 3.05) is 0 Å². The topological polar surface area (TPSA) is 8.29 Å². The number of hydrogen-bond acceptors (Lipinski definition) is 0. The molecule has 0 fully saturated rings. The van der Waals surface area contributed by atoms with Gasteiger partial charge in [-0.1, -0.05) is 30.3 Å². The Morgan fingerprint density at radius 3 is 2.11 bits per heavy atom. The Bertz CT molecular complexity index is 1190. The van der Waals surface area contributed by atoms with Crippen molar-refractivity contribution in [3.63, 3.8) is 0 Å². The van der Waals surface area contributed by atoms with Crippen LogP contribution in [0.4, 0.5) is 0 Å². The van der Waals surface area contributed by atoms with Crippen LogP contribution in [0.2, 0.25) is 0 Å². The van der Waals surface area contributed by atoms with E-state index in [2.05, 4.69) is 99.9 Å². The first-order valence-electron chi connectivity index (χ1n) is 9.85. The maximum atomic E-state index is 2.50. The quantitative estimate of drug-likeness (QED) is 0.379. The molecule has 0 aliphatic rings. The Labute approximate surface area is 162 Å². The number of pyridine rings is 1. The van der Waals surface area contributed by atoms with Crippen LogP contribution in [0.3, 0.4) is 0 Å². The summed E-state index contributed by atoms with van der Waals surface area (Å²) in [6.07, 6.45) is 0. The molecule has 2 heterocycles. The van der Waals surface area contributed by atoms with Gasteiger partial charge in [-0.15, -0.1) is 0 Å². The van der Waals surface area contributed by atoms with E-state index in [9.17, 15) is 0 Å². The van der Waals surface area contributed by atoms with Gasteiger partial charge in [-0.3, -0.25) is 0 Å². The summed E-state index contributed by atoms with van der Waals surface area (Å²) in [7, 11) is 0. The van der Waals surface area contributed by atoms with Crippen LogP contribution in [0.15, 0.2) is 42.5 Å². The SMILES string of the molecule is Cc1c(C)c(C)n2c(C)[n+](C(C)C)c(-c3ccc4ccccc4c3)c2c1C. The summed E-state index contributed by atoms with van der Waals surface area (Å²) in [6.45, 7) is 15.8. The molecule has 0 aliphatic carbocycles. The highest BCUT2D eigenvalue weighted by atomic mass is 15.2. The van der Waals surface area contributed by atoms with E-state index in [0.29, 0.717) is 6.04 Å². The van der Waals surface area contributed by atoms with Gasteiger partial charge in [0.1, 0.15) is 5.69 Å². The highest BCUT2D eigenvalue weighted by Gasteiger charge is 2.30. The number of nitrogens with zero attached hydrogens (tertiary/aromatic N) is 2. The van der Waals surface area contributed by atoms with Crippen LogP contribution in [0.25, 0.3) is 27.5 Å². The third kappa shape index (κ3) is 2.50. The fourth-order valence-electron chi connectivity index (χ4n) is 4.55. The van der Waals surface area contributed by atoms with Crippen LogP contribution in [0, 0.1) is 34.6 Å². The van der Waals surface area contributed by atoms with Crippen LogP contribution in [-0.4, -0.2) is 4.40 Å². The molecular weight excluding hydrogens is 328 g/mol. The molecular formula is C25H29N2+. The standard InChI is InChI=1S/C25H29N2/c1-15(2)26-20(7)27-19(6)17(4)16(3)18(5)24(27)25(26)23-13-12-21-10-8-9-11-22(21)14-23/h8-15H,1-7H3/q+1. The Balaban J connectivity index is 2.20. The predicted octanol–water partition coefficient (Wildman–Crippen LogP) is 6.17. The van der Waals surface area contributed by atoms with E-state index in [1.54, 1.807) is 0 Å². The van der Waals surface area contributed by atoms with Crippen LogP contribution in [-0.2, 0) is 0 Å². The van der Waals surface area contributed by atoms with Crippen molar-refractivity contribution in [2.24, 2.45) is 0 Å². The Kier molecular flexibility index (Phi) is 4.10. The molecule has 2 aromatic heterocycles. The monoisotopic (exact) mass is 357 g/mol. The van der Waals surface area contributed by atoms with E-state index in [4.69, 9.17) is 0 Å². The zero-order valence-corrected chi connectivity index (χ0v) is 17.5. The molecule has 4 rings (SSSR count). The highest BCUT2D eigenvalue weighted by Crippen LogP contribution is 2.33. The average Bonchev–Trinajstić information content (AvgIpc) is 2.97. The second-order valence-electron chi connectivity index (χ2n) is 8.07. The molecule has 0 spiro atoms. The third-order valence-electron chi connectivity index (χ3n) is 6.26. The molecule has 2 heteroatoms. The molecule has 27 heavy (non-hydrogen) atoms. The number of benzene rings is 2. The van der Waals surface area contributed by atoms with Gasteiger partial charge in [0.2, 0.25) is 0 Å². The lowest BCUT2D eigenvalue weighted by atomic mass is 9.99. The lowest BCUT2D eigenvalue weighted by Crippen LogP contribution is -2.39. The minimum Gasteiger partial charge on any atom is -0.224 e. The molecule has 0 bridgehead atoms. The fraction of sp³-hybridized carbons (Fsp3) is 0.320. The van der Waals surface area contributed by atoms with E-state index in [1.165, 1.54) is 55.8 Å². The molecule has 4 aromatic rings. The van der Waals surface area contributed by atoms with Gasteiger partial charge in [-0.25, -0.2) is 4.57 Å². The summed E-state index contributed by atoms with van der Waals surface area (Å²) in [5, 5.41) is 2.58. The van der Waals surface area contributed by atoms with E-state index in [1.807, 2.05) is 0 Å². The maximum Gasteiger partial charge on any atom is 0.259 e. The molecule has 0 saturated carbocycles. The van der Waals surface area contributed by atoms with Crippen LogP contribution >= 0.6 is 0 Å². The lowest BCUT2D eigenvalue weighted by Gasteiger charge is -2.10. The first kappa shape index (κ1) is 17.8. The van der Waals surface area contributed by atoms with Crippen molar-refractivity contribution in [1.29, 1.82) is 0 Å². The summed E-state index contributed by atoms with van der Waals surface area (Å²) in [5.74, 6) is 1.30. The Hall–Kier alpha value is -2.61. The molecule has 2 aromatic carbocycles. The van der Waals surface area contributed by atoms with E-state index in [-0.39, 0.29) is 0 Å². The summed E-state index contributed by atoms with van der Waals surface area (Å²) in [4.78, 5) is 0. The minimum absolute atomic E-state index is 0.394. The molecule has 2 nitrogen and oxygen atoms in total. The molecule has 0 aliphatic heterocycles. The minimum atomic E-state index is 0.394. The van der Waals surface area contributed by atoms with Crippen molar-refractivity contribution in [1.82, 2.24) is 4.40 Å². The first-order valence-corrected chi connectivity index (χ1v) is 9.85. The van der Waals surface area contributed by atoms with Crippen LogP contribution in [0.5, 0.6) is 0 Å². The molecule has 0 atom stereocenters. The van der Waals surface area contributed by atoms with E-state index < -0.39 is 0 Å². The zero-order valence-electron chi connectivity index (χ0n) is 17.5. The van der Waals surface area contributed by atoms with Gasteiger partial charge in [0.25, 0.3) is 5.82 Å². The molecule has 0 unspecified atom stereocenters. The number of rotatable bonds is 2. The predicted molar refractivity (Wildman–Crippen MR) is 115 cm³/mol. The van der Waals surface area contributed by atoms with Gasteiger partial charge in [0.05, 0.1) is 6.04 Å². The van der Waals surface area contributed by atoms with E-state index >= 15 is 0 Å². The van der Waals surface area contributed by atoms with Crippen molar-refractivity contribution < 1.29 is 4.57 Å². The van der Waals surface area contributed by atoms with Crippen LogP contribution < -0.4 is 4.57 Å². The zero-order chi connectivity index (χ0) is 19.5. The summed E-state index contributed by atoms with van der Waals surface area (Å²) in [5.41, 5.74) is 9.47. The van der Waals surface area contributed by atoms with E-state index in [0.717, 1.165) is 0 Å². The normalized spacial score (nSPS) is 11.9. The Morgan fingerprint density at radius 2 is 1.44 bits per heavy atom. The van der Waals surface area contributed by atoms with Gasteiger partial charge >= 0.3 is 0 Å². The summed E-state index contributed by atoms with van der Waals surface area (Å²) >= 11 is 0. The molecule has 138 valence electrons. The third-order valence-corrected chi connectivity index (χ3v) is 6.26. The fourth-order valence-corrected chi connectivity index (χ4v) is 4.55. The number of fused-ring (bicyclic) bond motifs is 2. The van der Waals surface area contributed by atoms with Crippen molar-refractivity contribution >= 4 is 16.3 Å². The van der Waals surface area contributed by atoms with Crippen LogP contribution in [0.1, 0.15) is 48.1 Å². The van der Waals surface area contributed by atoms with Gasteiger partial charge in [-0.2, -0.15) is 4.40 Å². The van der Waals surface area contributed by atoms with Gasteiger partial charge < -0.3 is 0 Å². The first-order chi connectivity index (χ1) is 12.8. The molecule has 0 N–H and O–H groups in total. The molecule has 0 saturated heterocycles. The second kappa shape index (κ2) is 6.23. The largest absolute Gasteiger partial charge is 0.259 e. The van der Waals surface area contributed by atoms with Crippen molar-refractivity contribution in [3.05, 3.63) is 70.7 Å². The summed E-state index contributed by atoms with van der Waals surface area (Å²) in [6, 6.07) is 15.9. The van der Waals surface area contributed by atoms with Gasteiger partial charge in [-0.05, 0) is 75.6 Å². The summed E-state index contributed by atoms with van der Waals surface area (Å²) < 4.78 is 4.96. The van der Waals surface area contributed by atoms with Crippen molar-refractivity contribution in [3.8, 4) is 11.3 Å². The lowest BCUT2D eigenvalue weighted by molar-refractivity contribution is -0.710. The maximum absolute atomic E-state index is 2.50. The number of aromatic nitrogens is 2. The highest BCUT2D eigenvalue weighted by molar-refractivity contribution is 5.89. The van der Waals surface area contributed by atoms with Gasteiger partial charge in [0.15, 0.2) is 11.2 Å². The number of hydrogen-bond donors (Lipinski definition) is 0. The number of imidazole rings is 1.